The van der Waals surface area contributed by atoms with Gasteiger partial charge in [-0.15, -0.1) is 0 Å². The highest BCUT2D eigenvalue weighted by atomic mass is 16.7. The number of allylic oxidation sites excluding steroid dienone is 5. The van der Waals surface area contributed by atoms with Crippen molar-refractivity contribution >= 4 is 11.9 Å². The molecule has 410 valence electrons. The summed E-state index contributed by atoms with van der Waals surface area (Å²) in [5.41, 5.74) is 0. The molecular formula is C59H109NO10. The molecule has 1 saturated heterocycles. The van der Waals surface area contributed by atoms with Gasteiger partial charge in [-0.2, -0.15) is 0 Å². The van der Waals surface area contributed by atoms with Gasteiger partial charge in [0.1, 0.15) is 24.4 Å². The van der Waals surface area contributed by atoms with Gasteiger partial charge in [0.15, 0.2) is 12.4 Å². The second kappa shape index (κ2) is 47.9. The predicted octanol–water partition coefficient (Wildman–Crippen LogP) is 13.1. The van der Waals surface area contributed by atoms with Gasteiger partial charge < -0.3 is 45.1 Å². The summed E-state index contributed by atoms with van der Waals surface area (Å²) >= 11 is 0. The number of aliphatic hydroxyl groups excluding tert-OH is 5. The number of carbonyl (C=O) groups excluding carboxylic acids is 2. The van der Waals surface area contributed by atoms with E-state index in [1.54, 1.807) is 6.08 Å². The van der Waals surface area contributed by atoms with Crippen LogP contribution in [0.2, 0.25) is 0 Å². The van der Waals surface area contributed by atoms with Crippen LogP contribution in [0.3, 0.4) is 0 Å². The monoisotopic (exact) mass is 992 g/mol. The highest BCUT2D eigenvalue weighted by Gasteiger charge is 2.47. The molecule has 8 unspecified atom stereocenters. The van der Waals surface area contributed by atoms with Crippen molar-refractivity contribution < 1.29 is 49.3 Å². The molecule has 11 nitrogen and oxygen atoms in total. The van der Waals surface area contributed by atoms with Crippen molar-refractivity contribution in [3.05, 3.63) is 36.5 Å². The third-order valence-electron chi connectivity index (χ3n) is 13.8. The van der Waals surface area contributed by atoms with Crippen LogP contribution < -0.4 is 5.32 Å². The molecule has 1 fully saturated rings. The van der Waals surface area contributed by atoms with E-state index in [0.29, 0.717) is 12.8 Å². The molecule has 0 spiro atoms. The smallest absolute Gasteiger partial charge is 0.306 e. The molecule has 0 bridgehead atoms. The first-order valence-electron chi connectivity index (χ1n) is 29.3. The Balaban J connectivity index is 2.71. The molecule has 0 aromatic carbocycles. The van der Waals surface area contributed by atoms with E-state index in [1.165, 1.54) is 135 Å². The van der Waals surface area contributed by atoms with Crippen LogP contribution in [0.5, 0.6) is 0 Å². The molecule has 70 heavy (non-hydrogen) atoms. The molecule has 1 aliphatic rings. The fraction of sp³-hybridized carbons (Fsp3) is 0.864. The molecular weight excluding hydrogens is 883 g/mol. The second-order valence-electron chi connectivity index (χ2n) is 20.4. The molecule has 1 amide bonds. The quantitative estimate of drug-likeness (QED) is 0.0195. The maximum Gasteiger partial charge on any atom is 0.306 e. The Kier molecular flexibility index (Phi) is 45.1. The van der Waals surface area contributed by atoms with E-state index in [-0.39, 0.29) is 19.4 Å². The lowest BCUT2D eigenvalue weighted by molar-refractivity contribution is -0.305. The second-order valence-corrected chi connectivity index (χ2v) is 20.4. The van der Waals surface area contributed by atoms with Gasteiger partial charge in [0.25, 0.3) is 0 Å². The molecule has 8 atom stereocenters. The SMILES string of the molecule is CCCC/C=C\CCCCCCCC(=O)OC1C(OCC(NC(=O)C(O)CCCCCCCCCC/C=C/CCCCCCCC)C(O)/C=C/CCCCCCCCCCCC)OC(CO)C(O)C1O. The van der Waals surface area contributed by atoms with Crippen LogP contribution in [0.1, 0.15) is 265 Å². The van der Waals surface area contributed by atoms with Crippen LogP contribution in [0.15, 0.2) is 36.5 Å². The summed E-state index contributed by atoms with van der Waals surface area (Å²) in [6.07, 6.45) is 44.8. The Morgan fingerprint density at radius 2 is 0.957 bits per heavy atom. The predicted molar refractivity (Wildman–Crippen MR) is 287 cm³/mol. The van der Waals surface area contributed by atoms with E-state index in [1.807, 2.05) is 6.08 Å². The maximum absolute atomic E-state index is 13.4. The topological polar surface area (TPSA) is 175 Å². The minimum atomic E-state index is -1.61. The number of aliphatic hydroxyl groups is 5. The highest BCUT2D eigenvalue weighted by Crippen LogP contribution is 2.26. The van der Waals surface area contributed by atoms with Crippen molar-refractivity contribution in [2.45, 2.75) is 314 Å². The number of ether oxygens (including phenoxy) is 3. The van der Waals surface area contributed by atoms with Crippen molar-refractivity contribution in [2.24, 2.45) is 0 Å². The lowest BCUT2D eigenvalue weighted by Crippen LogP contribution is -2.61. The summed E-state index contributed by atoms with van der Waals surface area (Å²) in [5, 5.41) is 56.8. The zero-order chi connectivity index (χ0) is 51.1. The van der Waals surface area contributed by atoms with E-state index in [2.05, 4.69) is 50.4 Å². The number of nitrogens with one attached hydrogen (secondary N) is 1. The number of esters is 1. The van der Waals surface area contributed by atoms with Gasteiger partial charge >= 0.3 is 5.97 Å². The molecule has 1 heterocycles. The van der Waals surface area contributed by atoms with Crippen molar-refractivity contribution in [3.8, 4) is 0 Å². The number of unbranched alkanes of at least 4 members (excludes halogenated alkanes) is 31. The average molecular weight is 993 g/mol. The summed E-state index contributed by atoms with van der Waals surface area (Å²) in [6.45, 7) is 5.73. The molecule has 1 aliphatic heterocycles. The number of hydrogen-bond acceptors (Lipinski definition) is 10. The van der Waals surface area contributed by atoms with Crippen molar-refractivity contribution in [2.75, 3.05) is 13.2 Å². The minimum absolute atomic E-state index is 0.114. The van der Waals surface area contributed by atoms with Crippen molar-refractivity contribution in [1.82, 2.24) is 5.32 Å². The van der Waals surface area contributed by atoms with Gasteiger partial charge in [-0.05, 0) is 70.6 Å². The summed E-state index contributed by atoms with van der Waals surface area (Å²) in [7, 11) is 0. The van der Waals surface area contributed by atoms with Crippen LogP contribution >= 0.6 is 0 Å². The third-order valence-corrected chi connectivity index (χ3v) is 13.8. The lowest BCUT2D eigenvalue weighted by atomic mass is 9.99. The molecule has 0 radical (unpaired) electrons. The molecule has 6 N–H and O–H groups in total. The number of hydrogen-bond donors (Lipinski definition) is 6. The van der Waals surface area contributed by atoms with Crippen molar-refractivity contribution in [1.29, 1.82) is 0 Å². The van der Waals surface area contributed by atoms with Gasteiger partial charge in [-0.25, -0.2) is 0 Å². The molecule has 0 aromatic heterocycles. The lowest BCUT2D eigenvalue weighted by Gasteiger charge is -2.41. The van der Waals surface area contributed by atoms with E-state index in [4.69, 9.17) is 14.2 Å². The molecule has 0 aliphatic carbocycles. The zero-order valence-corrected chi connectivity index (χ0v) is 45.1. The molecule has 0 aromatic rings. The maximum atomic E-state index is 13.4. The summed E-state index contributed by atoms with van der Waals surface area (Å²) in [5.74, 6) is -1.20. The van der Waals surface area contributed by atoms with Crippen LogP contribution in [0.4, 0.5) is 0 Å². The fourth-order valence-electron chi connectivity index (χ4n) is 9.04. The largest absolute Gasteiger partial charge is 0.454 e. The average Bonchev–Trinajstić information content (AvgIpc) is 3.36. The van der Waals surface area contributed by atoms with Crippen LogP contribution in [0.25, 0.3) is 0 Å². The molecule has 0 saturated carbocycles. The Bertz CT molecular complexity index is 1280. The first-order valence-corrected chi connectivity index (χ1v) is 29.3. The Morgan fingerprint density at radius 3 is 1.43 bits per heavy atom. The summed E-state index contributed by atoms with van der Waals surface area (Å²) < 4.78 is 17.5. The standard InChI is InChI=1S/C59H109NO10/c1-4-7-10-13-16-19-22-24-25-26-27-28-29-32-34-37-40-43-46-52(63)58(67)60-50(51(62)45-42-39-36-33-31-23-20-17-14-11-8-5-2)49-68-59-57(56(66)55(65)53(48-61)69-59)70-54(64)47-44-41-38-35-30-21-18-15-12-9-6-3/h15,18,24-25,42,45,50-53,55-57,59,61-63,65-66H,4-14,16-17,19-23,26-41,43-44,46-49H2,1-3H3,(H,60,67)/b18-15-,25-24+,45-42+. The number of rotatable bonds is 49. The van der Waals surface area contributed by atoms with E-state index >= 15 is 0 Å². The molecule has 11 heteroatoms. The third kappa shape index (κ3) is 35.9. The summed E-state index contributed by atoms with van der Waals surface area (Å²) in [4.78, 5) is 26.4. The fourth-order valence-corrected chi connectivity index (χ4v) is 9.04. The van der Waals surface area contributed by atoms with Gasteiger partial charge in [-0.3, -0.25) is 9.59 Å². The first kappa shape index (κ1) is 65.9. The Hall–Kier alpha value is -2.12. The van der Waals surface area contributed by atoms with Gasteiger partial charge in [-0.1, -0.05) is 224 Å². The van der Waals surface area contributed by atoms with Crippen LogP contribution in [-0.4, -0.2) is 99.6 Å². The van der Waals surface area contributed by atoms with E-state index < -0.39 is 67.4 Å². The Labute approximate surface area is 428 Å². The highest BCUT2D eigenvalue weighted by molar-refractivity contribution is 5.80. The van der Waals surface area contributed by atoms with E-state index in [9.17, 15) is 35.1 Å². The molecule has 1 rings (SSSR count). The van der Waals surface area contributed by atoms with Crippen LogP contribution in [-0.2, 0) is 23.8 Å². The number of amides is 1. The van der Waals surface area contributed by atoms with Gasteiger partial charge in [0.2, 0.25) is 5.91 Å². The zero-order valence-electron chi connectivity index (χ0n) is 45.1. The minimum Gasteiger partial charge on any atom is -0.454 e. The van der Waals surface area contributed by atoms with Crippen molar-refractivity contribution in [3.63, 3.8) is 0 Å². The van der Waals surface area contributed by atoms with E-state index in [0.717, 1.165) is 83.5 Å². The van der Waals surface area contributed by atoms with Crippen LogP contribution in [0, 0.1) is 0 Å². The summed E-state index contributed by atoms with van der Waals surface area (Å²) in [6, 6.07) is -1.02. The Morgan fingerprint density at radius 1 is 0.543 bits per heavy atom. The van der Waals surface area contributed by atoms with Gasteiger partial charge in [0.05, 0.1) is 25.4 Å². The number of carbonyl (C=O) groups is 2. The normalized spacial score (nSPS) is 19.9. The first-order chi connectivity index (χ1) is 34.2. The van der Waals surface area contributed by atoms with Gasteiger partial charge in [0, 0.05) is 6.42 Å².